The summed E-state index contributed by atoms with van der Waals surface area (Å²) in [6.07, 6.45) is 2.62. The van der Waals surface area contributed by atoms with Gasteiger partial charge in [-0.2, -0.15) is 5.10 Å². The molecular weight excluding hydrogens is 412 g/mol. The van der Waals surface area contributed by atoms with Gasteiger partial charge in [0.25, 0.3) is 11.8 Å². The molecule has 2 amide bonds. The Kier molecular flexibility index (Phi) is 5.08. The van der Waals surface area contributed by atoms with Crippen LogP contribution in [0.25, 0.3) is 0 Å². The van der Waals surface area contributed by atoms with Crippen molar-refractivity contribution in [3.63, 3.8) is 0 Å². The third-order valence-corrected chi connectivity index (χ3v) is 5.90. The van der Waals surface area contributed by atoms with E-state index in [2.05, 4.69) is 15.9 Å². The number of hydrogen-bond donors (Lipinski definition) is 0. The number of rotatable bonds is 3. The van der Waals surface area contributed by atoms with E-state index < -0.39 is 0 Å². The fourth-order valence-electron chi connectivity index (χ4n) is 3.92. The lowest BCUT2D eigenvalue weighted by Gasteiger charge is -2.30. The first-order chi connectivity index (χ1) is 13.1. The Morgan fingerprint density at radius 1 is 1.26 bits per heavy atom. The van der Waals surface area contributed by atoms with Crippen LogP contribution in [-0.4, -0.2) is 57.6 Å². The molecule has 4 rings (SSSR count). The lowest BCUT2D eigenvalue weighted by atomic mass is 9.93. The van der Waals surface area contributed by atoms with Crippen LogP contribution in [-0.2, 0) is 6.54 Å². The second-order valence-corrected chi connectivity index (χ2v) is 7.87. The van der Waals surface area contributed by atoms with Crippen molar-refractivity contribution >= 4 is 27.7 Å². The molecule has 0 radical (unpaired) electrons. The van der Waals surface area contributed by atoms with Crippen molar-refractivity contribution in [1.82, 2.24) is 19.6 Å². The Balaban J connectivity index is 1.44. The highest BCUT2D eigenvalue weighted by atomic mass is 79.9. The zero-order valence-electron chi connectivity index (χ0n) is 15.4. The summed E-state index contributed by atoms with van der Waals surface area (Å²) in [4.78, 5) is 28.9. The number of furan rings is 1. The Labute approximate surface area is 166 Å². The highest BCUT2D eigenvalue weighted by Gasteiger charge is 2.30. The maximum Gasteiger partial charge on any atom is 0.289 e. The summed E-state index contributed by atoms with van der Waals surface area (Å²) in [7, 11) is 0. The van der Waals surface area contributed by atoms with Gasteiger partial charge in [0, 0.05) is 38.6 Å². The van der Waals surface area contributed by atoms with Crippen LogP contribution in [0.2, 0.25) is 0 Å². The predicted octanol–water partition coefficient (Wildman–Crippen LogP) is 3.12. The molecule has 2 aliphatic heterocycles. The van der Waals surface area contributed by atoms with E-state index in [4.69, 9.17) is 9.52 Å². The van der Waals surface area contributed by atoms with Gasteiger partial charge in [-0.15, -0.1) is 0 Å². The lowest BCUT2D eigenvalue weighted by molar-refractivity contribution is 0.0678. The molecule has 0 saturated carbocycles. The van der Waals surface area contributed by atoms with Gasteiger partial charge in [0.05, 0.1) is 5.69 Å². The summed E-state index contributed by atoms with van der Waals surface area (Å²) >= 11 is 3.23. The molecule has 0 aromatic carbocycles. The molecule has 4 heterocycles. The molecule has 0 aliphatic carbocycles. The molecule has 2 aromatic rings. The highest BCUT2D eigenvalue weighted by Crippen LogP contribution is 2.29. The predicted molar refractivity (Wildman–Crippen MR) is 103 cm³/mol. The fraction of sp³-hybridized carbons (Fsp3) is 0.526. The molecule has 1 fully saturated rings. The Bertz CT molecular complexity index is 851. The second kappa shape index (κ2) is 7.50. The van der Waals surface area contributed by atoms with Gasteiger partial charge in [-0.25, -0.2) is 0 Å². The van der Waals surface area contributed by atoms with Gasteiger partial charge < -0.3 is 14.2 Å². The van der Waals surface area contributed by atoms with Gasteiger partial charge in [0.15, 0.2) is 10.4 Å². The summed E-state index contributed by atoms with van der Waals surface area (Å²) < 4.78 is 7.80. The zero-order valence-corrected chi connectivity index (χ0v) is 16.9. The van der Waals surface area contributed by atoms with Gasteiger partial charge in [0.1, 0.15) is 5.69 Å². The molecule has 0 unspecified atom stereocenters. The Hall–Kier alpha value is -2.09. The van der Waals surface area contributed by atoms with Crippen molar-refractivity contribution in [2.45, 2.75) is 38.6 Å². The normalized spacial score (nSPS) is 18.5. The average molecular weight is 435 g/mol. The van der Waals surface area contributed by atoms with E-state index in [1.807, 2.05) is 27.5 Å². The third kappa shape index (κ3) is 3.54. The molecule has 1 saturated heterocycles. The summed E-state index contributed by atoms with van der Waals surface area (Å²) in [5.74, 6) is 0.636. The van der Waals surface area contributed by atoms with Crippen molar-refractivity contribution in [1.29, 1.82) is 0 Å². The largest absolute Gasteiger partial charge is 0.444 e. The second-order valence-electron chi connectivity index (χ2n) is 7.09. The van der Waals surface area contributed by atoms with Crippen molar-refractivity contribution < 1.29 is 14.0 Å². The first-order valence-corrected chi connectivity index (χ1v) is 10.3. The number of carbonyl (C=O) groups is 2. The van der Waals surface area contributed by atoms with E-state index >= 15 is 0 Å². The van der Waals surface area contributed by atoms with Crippen LogP contribution in [0, 0.1) is 0 Å². The van der Waals surface area contributed by atoms with Gasteiger partial charge in [-0.1, -0.05) is 0 Å². The van der Waals surface area contributed by atoms with Crippen LogP contribution in [0.4, 0.5) is 0 Å². The van der Waals surface area contributed by atoms with Gasteiger partial charge >= 0.3 is 0 Å². The van der Waals surface area contributed by atoms with Crippen LogP contribution in [0.5, 0.6) is 0 Å². The summed E-state index contributed by atoms with van der Waals surface area (Å²) in [6.45, 7) is 5.63. The quantitative estimate of drug-likeness (QED) is 0.743. The first-order valence-electron chi connectivity index (χ1n) is 9.48. The zero-order chi connectivity index (χ0) is 19.0. The Morgan fingerprint density at radius 2 is 2.04 bits per heavy atom. The first kappa shape index (κ1) is 18.3. The molecule has 2 aliphatic rings. The summed E-state index contributed by atoms with van der Waals surface area (Å²) in [5.41, 5.74) is 1.67. The van der Waals surface area contributed by atoms with Crippen LogP contribution in [0.1, 0.15) is 58.8 Å². The molecule has 7 nitrogen and oxygen atoms in total. The highest BCUT2D eigenvalue weighted by molar-refractivity contribution is 9.10. The number of aromatic nitrogens is 2. The number of likely N-dealkylation sites (tertiary alicyclic amines) is 1. The SMILES string of the molecule is CCN1CCCn2nc(C3CCN(C(=O)c4ccc(Br)o4)CC3)cc2C1=O. The molecule has 8 heteroatoms. The van der Waals surface area contributed by atoms with E-state index in [1.54, 1.807) is 12.1 Å². The molecule has 0 bridgehead atoms. The standard InChI is InChI=1S/C19H23BrN4O3/c1-2-22-8-3-9-24-15(18(22)25)12-14(21-24)13-6-10-23(11-7-13)19(26)16-4-5-17(20)27-16/h4-5,12-13H,2-3,6-11H2,1H3. The molecule has 0 N–H and O–H groups in total. The van der Waals surface area contributed by atoms with Crippen LogP contribution in [0.3, 0.4) is 0 Å². The molecular formula is C19H23BrN4O3. The lowest BCUT2D eigenvalue weighted by Crippen LogP contribution is -2.37. The number of nitrogens with zero attached hydrogens (tertiary/aromatic N) is 4. The smallest absolute Gasteiger partial charge is 0.289 e. The van der Waals surface area contributed by atoms with E-state index in [0.29, 0.717) is 29.2 Å². The summed E-state index contributed by atoms with van der Waals surface area (Å²) in [6, 6.07) is 5.38. The van der Waals surface area contributed by atoms with Gasteiger partial charge in [0.2, 0.25) is 0 Å². The maximum atomic E-state index is 12.7. The number of halogens is 1. The van der Waals surface area contributed by atoms with Crippen molar-refractivity contribution in [2.75, 3.05) is 26.2 Å². The fourth-order valence-corrected chi connectivity index (χ4v) is 4.23. The maximum absolute atomic E-state index is 12.7. The van der Waals surface area contributed by atoms with Gasteiger partial charge in [-0.3, -0.25) is 14.3 Å². The van der Waals surface area contributed by atoms with Crippen LogP contribution < -0.4 is 0 Å². The van der Waals surface area contributed by atoms with E-state index in [9.17, 15) is 9.59 Å². The number of hydrogen-bond acceptors (Lipinski definition) is 4. The molecule has 27 heavy (non-hydrogen) atoms. The summed E-state index contributed by atoms with van der Waals surface area (Å²) in [5, 5.41) is 4.73. The molecule has 144 valence electrons. The third-order valence-electron chi connectivity index (χ3n) is 5.47. The minimum Gasteiger partial charge on any atom is -0.444 e. The van der Waals surface area contributed by atoms with E-state index in [-0.39, 0.29) is 17.7 Å². The van der Waals surface area contributed by atoms with E-state index in [0.717, 1.165) is 44.6 Å². The minimum atomic E-state index is -0.0754. The number of amides is 2. The van der Waals surface area contributed by atoms with E-state index in [1.165, 1.54) is 0 Å². The van der Waals surface area contributed by atoms with Crippen molar-refractivity contribution in [3.05, 3.63) is 40.0 Å². The Morgan fingerprint density at radius 3 is 2.70 bits per heavy atom. The number of carbonyl (C=O) groups excluding carboxylic acids is 2. The number of fused-ring (bicyclic) bond motifs is 1. The molecule has 0 atom stereocenters. The van der Waals surface area contributed by atoms with Crippen molar-refractivity contribution in [3.8, 4) is 0 Å². The number of aryl methyl sites for hydroxylation is 1. The van der Waals surface area contributed by atoms with Crippen LogP contribution in [0.15, 0.2) is 27.3 Å². The number of piperidine rings is 1. The average Bonchev–Trinajstić information content (AvgIpc) is 3.28. The molecule has 0 spiro atoms. The van der Waals surface area contributed by atoms with Crippen molar-refractivity contribution in [2.24, 2.45) is 0 Å². The van der Waals surface area contributed by atoms with Gasteiger partial charge in [-0.05, 0) is 60.3 Å². The minimum absolute atomic E-state index is 0.0739. The topological polar surface area (TPSA) is 71.6 Å². The monoisotopic (exact) mass is 434 g/mol. The van der Waals surface area contributed by atoms with Crippen LogP contribution >= 0.6 is 15.9 Å². The molecule has 2 aromatic heterocycles.